The van der Waals surface area contributed by atoms with Crippen molar-refractivity contribution in [3.05, 3.63) is 59.7 Å². The van der Waals surface area contributed by atoms with Crippen molar-refractivity contribution in [2.45, 2.75) is 52.0 Å². The number of aliphatic carboxylic acids is 1. The van der Waals surface area contributed by atoms with Crippen molar-refractivity contribution in [3.8, 4) is 11.1 Å². The first-order valence-electron chi connectivity index (χ1n) is 11.3. The highest BCUT2D eigenvalue weighted by atomic mass is 16.5. The lowest BCUT2D eigenvalue weighted by atomic mass is 9.89. The van der Waals surface area contributed by atoms with E-state index < -0.39 is 17.5 Å². The van der Waals surface area contributed by atoms with E-state index in [1.807, 2.05) is 31.2 Å². The van der Waals surface area contributed by atoms with Gasteiger partial charge in [0.2, 0.25) is 5.91 Å². The van der Waals surface area contributed by atoms with Crippen LogP contribution in [0, 0.1) is 5.41 Å². The van der Waals surface area contributed by atoms with E-state index in [2.05, 4.69) is 34.9 Å². The maximum atomic E-state index is 12.5. The standard InChI is InChI=1S/C26H32N2O5/c1-4-17(13-23(29)27-16-26(2,3)14-24(30)31)28-25(32)33-15-22-20-11-7-5-9-18(20)19-10-6-8-12-21(19)22/h5-12,17,22H,4,13-16H2,1-3H3,(H,27,29)(H,28,32)(H,30,31). The summed E-state index contributed by atoms with van der Waals surface area (Å²) in [6, 6.07) is 15.9. The predicted octanol–water partition coefficient (Wildman–Crippen LogP) is 4.31. The molecule has 1 aliphatic carbocycles. The number of hydrogen-bond acceptors (Lipinski definition) is 4. The number of ether oxygens (including phenoxy) is 1. The minimum Gasteiger partial charge on any atom is -0.481 e. The van der Waals surface area contributed by atoms with Gasteiger partial charge in [0.05, 0.1) is 6.42 Å². The van der Waals surface area contributed by atoms with E-state index in [1.54, 1.807) is 13.8 Å². The Morgan fingerprint density at radius 3 is 2.15 bits per heavy atom. The second kappa shape index (κ2) is 10.5. The van der Waals surface area contributed by atoms with E-state index >= 15 is 0 Å². The molecule has 176 valence electrons. The van der Waals surface area contributed by atoms with Gasteiger partial charge in [-0.05, 0) is 34.1 Å². The summed E-state index contributed by atoms with van der Waals surface area (Å²) in [6.45, 7) is 5.92. The normalized spacial score (nSPS) is 13.5. The smallest absolute Gasteiger partial charge is 0.407 e. The van der Waals surface area contributed by atoms with Crippen LogP contribution in [0.4, 0.5) is 4.79 Å². The van der Waals surface area contributed by atoms with Crippen molar-refractivity contribution in [2.75, 3.05) is 13.2 Å². The molecule has 0 aromatic heterocycles. The topological polar surface area (TPSA) is 105 Å². The summed E-state index contributed by atoms with van der Waals surface area (Å²) < 4.78 is 5.56. The third-order valence-corrected chi connectivity index (χ3v) is 5.98. The maximum absolute atomic E-state index is 12.5. The fourth-order valence-electron chi connectivity index (χ4n) is 4.21. The molecule has 1 aliphatic rings. The number of benzene rings is 2. The Kier molecular flexibility index (Phi) is 7.74. The summed E-state index contributed by atoms with van der Waals surface area (Å²) in [4.78, 5) is 35.7. The Morgan fingerprint density at radius 1 is 1.03 bits per heavy atom. The molecule has 0 bridgehead atoms. The Morgan fingerprint density at radius 2 is 1.61 bits per heavy atom. The lowest BCUT2D eigenvalue weighted by Crippen LogP contribution is -2.41. The molecule has 7 heteroatoms. The molecule has 3 rings (SSSR count). The average Bonchev–Trinajstić information content (AvgIpc) is 3.09. The van der Waals surface area contributed by atoms with Crippen LogP contribution in [-0.2, 0) is 14.3 Å². The van der Waals surface area contributed by atoms with E-state index in [0.29, 0.717) is 6.42 Å². The molecule has 2 aromatic rings. The van der Waals surface area contributed by atoms with Crippen molar-refractivity contribution in [1.82, 2.24) is 10.6 Å². The number of carbonyl (C=O) groups excluding carboxylic acids is 2. The van der Waals surface area contributed by atoms with Gasteiger partial charge in [-0.2, -0.15) is 0 Å². The highest BCUT2D eigenvalue weighted by Gasteiger charge is 2.29. The third-order valence-electron chi connectivity index (χ3n) is 5.98. The first kappa shape index (κ1) is 24.3. The van der Waals surface area contributed by atoms with E-state index in [4.69, 9.17) is 9.84 Å². The van der Waals surface area contributed by atoms with Gasteiger partial charge in [0.1, 0.15) is 6.61 Å². The molecule has 3 N–H and O–H groups in total. The van der Waals surface area contributed by atoms with Gasteiger partial charge < -0.3 is 20.5 Å². The number of rotatable bonds is 10. The molecule has 1 atom stereocenters. The summed E-state index contributed by atoms with van der Waals surface area (Å²) in [5.41, 5.74) is 4.06. The van der Waals surface area contributed by atoms with Gasteiger partial charge in [-0.25, -0.2) is 4.79 Å². The molecule has 0 radical (unpaired) electrons. The molecule has 33 heavy (non-hydrogen) atoms. The minimum absolute atomic E-state index is 0.0250. The summed E-state index contributed by atoms with van der Waals surface area (Å²) in [7, 11) is 0. The van der Waals surface area contributed by atoms with Crippen molar-refractivity contribution >= 4 is 18.0 Å². The van der Waals surface area contributed by atoms with Crippen LogP contribution in [0.15, 0.2) is 48.5 Å². The van der Waals surface area contributed by atoms with E-state index in [-0.39, 0.29) is 43.9 Å². The van der Waals surface area contributed by atoms with Crippen LogP contribution in [0.2, 0.25) is 0 Å². The summed E-state index contributed by atoms with van der Waals surface area (Å²) >= 11 is 0. The quantitative estimate of drug-likeness (QED) is 0.498. The van der Waals surface area contributed by atoms with E-state index in [1.165, 1.54) is 0 Å². The van der Waals surface area contributed by atoms with Crippen LogP contribution in [0.1, 0.15) is 57.1 Å². The van der Waals surface area contributed by atoms with Gasteiger partial charge >= 0.3 is 12.1 Å². The van der Waals surface area contributed by atoms with Crippen molar-refractivity contribution in [1.29, 1.82) is 0 Å². The van der Waals surface area contributed by atoms with Crippen LogP contribution in [0.25, 0.3) is 11.1 Å². The molecule has 0 saturated carbocycles. The largest absolute Gasteiger partial charge is 0.481 e. The number of amides is 2. The molecule has 2 amide bonds. The summed E-state index contributed by atoms with van der Waals surface area (Å²) in [6.07, 6.45) is 0.0744. The Balaban J connectivity index is 1.52. The Bertz CT molecular complexity index is 972. The van der Waals surface area contributed by atoms with Crippen molar-refractivity contribution < 1.29 is 24.2 Å². The Hall–Kier alpha value is -3.35. The van der Waals surface area contributed by atoms with Gasteiger partial charge in [0.25, 0.3) is 0 Å². The van der Waals surface area contributed by atoms with E-state index in [0.717, 1.165) is 22.3 Å². The van der Waals surface area contributed by atoms with Crippen LogP contribution >= 0.6 is 0 Å². The average molecular weight is 453 g/mol. The second-order valence-corrected chi connectivity index (χ2v) is 9.29. The monoisotopic (exact) mass is 452 g/mol. The van der Waals surface area contributed by atoms with Gasteiger partial charge in [-0.15, -0.1) is 0 Å². The summed E-state index contributed by atoms with van der Waals surface area (Å²) in [5, 5.41) is 14.5. The SMILES string of the molecule is CCC(CC(=O)NCC(C)(C)CC(=O)O)NC(=O)OCC1c2ccccc2-c2ccccc21. The number of carboxylic acid groups (broad SMARTS) is 1. The van der Waals surface area contributed by atoms with Crippen molar-refractivity contribution in [2.24, 2.45) is 5.41 Å². The molecular weight excluding hydrogens is 420 g/mol. The lowest BCUT2D eigenvalue weighted by molar-refractivity contribution is -0.139. The maximum Gasteiger partial charge on any atom is 0.407 e. The highest BCUT2D eigenvalue weighted by Crippen LogP contribution is 2.44. The Labute approximate surface area is 194 Å². The molecule has 0 saturated heterocycles. The van der Waals surface area contributed by atoms with Crippen LogP contribution in [0.3, 0.4) is 0 Å². The fourth-order valence-corrected chi connectivity index (χ4v) is 4.21. The van der Waals surface area contributed by atoms with Crippen LogP contribution in [0.5, 0.6) is 0 Å². The molecule has 0 heterocycles. The third kappa shape index (κ3) is 6.34. The molecule has 2 aromatic carbocycles. The number of alkyl carbamates (subject to hydrolysis) is 1. The zero-order chi connectivity index (χ0) is 24.0. The van der Waals surface area contributed by atoms with Crippen LogP contribution in [-0.4, -0.2) is 42.3 Å². The second-order valence-electron chi connectivity index (χ2n) is 9.29. The zero-order valence-electron chi connectivity index (χ0n) is 19.4. The van der Waals surface area contributed by atoms with E-state index in [9.17, 15) is 14.4 Å². The molecule has 0 fully saturated rings. The molecule has 1 unspecified atom stereocenters. The highest BCUT2D eigenvalue weighted by molar-refractivity contribution is 5.79. The van der Waals surface area contributed by atoms with Crippen LogP contribution < -0.4 is 10.6 Å². The fraction of sp³-hybridized carbons (Fsp3) is 0.423. The first-order valence-corrected chi connectivity index (χ1v) is 11.3. The number of nitrogens with one attached hydrogen (secondary N) is 2. The molecular formula is C26H32N2O5. The number of hydrogen-bond donors (Lipinski definition) is 3. The van der Waals surface area contributed by atoms with Gasteiger partial charge in [0, 0.05) is 24.9 Å². The summed E-state index contributed by atoms with van der Waals surface area (Å²) in [5.74, 6) is -1.17. The first-order chi connectivity index (χ1) is 15.7. The lowest BCUT2D eigenvalue weighted by Gasteiger charge is -2.24. The predicted molar refractivity (Wildman–Crippen MR) is 126 cm³/mol. The molecule has 7 nitrogen and oxygen atoms in total. The van der Waals surface area contributed by atoms with Crippen molar-refractivity contribution in [3.63, 3.8) is 0 Å². The van der Waals surface area contributed by atoms with Gasteiger partial charge in [-0.1, -0.05) is 69.3 Å². The minimum atomic E-state index is -0.905. The van der Waals surface area contributed by atoms with Gasteiger partial charge in [-0.3, -0.25) is 9.59 Å². The number of carboxylic acids is 1. The number of fused-ring (bicyclic) bond motifs is 3. The molecule has 0 aliphatic heterocycles. The number of carbonyl (C=O) groups is 3. The van der Waals surface area contributed by atoms with Gasteiger partial charge in [0.15, 0.2) is 0 Å². The zero-order valence-corrected chi connectivity index (χ0v) is 19.4. The molecule has 0 spiro atoms.